The number of aromatic nitrogens is 8. The summed E-state index contributed by atoms with van der Waals surface area (Å²) in [5.74, 6) is 0. The fourth-order valence-electron chi connectivity index (χ4n) is 4.69. The molecule has 0 unspecified atom stereocenters. The van der Waals surface area contributed by atoms with E-state index in [9.17, 15) is 4.79 Å². The van der Waals surface area contributed by atoms with Gasteiger partial charge >= 0.3 is 0 Å². The van der Waals surface area contributed by atoms with E-state index in [0.717, 1.165) is 70.0 Å². The Hall–Kier alpha value is -4.26. The quantitative estimate of drug-likeness (QED) is 0.0682. The number of rotatable bonds is 4. The molecule has 0 saturated carbocycles. The number of halogens is 2. The Morgan fingerprint density at radius 2 is 1.33 bits per heavy atom. The monoisotopic (exact) mass is 851 g/mol. The summed E-state index contributed by atoms with van der Waals surface area (Å²) in [6.07, 6.45) is 14.5. The molecule has 14 heteroatoms. The molecule has 0 atom stereocenters. The van der Waals surface area contributed by atoms with E-state index in [1.54, 1.807) is 18.6 Å². The van der Waals surface area contributed by atoms with Gasteiger partial charge in [-0.1, -0.05) is 0 Å². The molecule has 0 amide bonds. The Balaban J connectivity index is 0.000000135. The molecule has 0 aliphatic carbocycles. The number of H-pyrrole nitrogens is 2. The lowest BCUT2D eigenvalue weighted by atomic mass is 10.1. The molecule has 8 aromatic rings. The number of aromatic amines is 2. The maximum absolute atomic E-state index is 10.0. The molecule has 8 aromatic heterocycles. The highest BCUT2D eigenvalue weighted by molar-refractivity contribution is 14.2. The second-order valence-corrected chi connectivity index (χ2v) is 14.3. The molecule has 0 saturated heterocycles. The van der Waals surface area contributed by atoms with Gasteiger partial charge in [0.2, 0.25) is 3.79 Å². The van der Waals surface area contributed by atoms with Crippen LogP contribution in [-0.2, 0) is 4.79 Å². The lowest BCUT2D eigenvalue weighted by molar-refractivity contribution is -0.107. The molecule has 228 valence electrons. The Bertz CT molecular complexity index is 2310. The SMILES string of the molecule is CC(=O)I=NSO.Ic1cnc2[nH]c3cnc(-c4cccnc4)cc3c2c1.c1cncc(-c2cc3c(cn2)[nH]c2ncccc23)c1. The minimum atomic E-state index is -0.736. The average Bonchev–Trinajstić information content (AvgIpc) is 3.66. The van der Waals surface area contributed by atoms with Crippen LogP contribution in [0.25, 0.3) is 66.4 Å². The lowest BCUT2D eigenvalue weighted by Crippen LogP contribution is -1.83. The number of fused-ring (bicyclic) bond motifs is 6. The Morgan fingerprint density at radius 1 is 0.739 bits per heavy atom. The second kappa shape index (κ2) is 14.9. The van der Waals surface area contributed by atoms with Crippen LogP contribution in [0.1, 0.15) is 6.92 Å². The van der Waals surface area contributed by atoms with Gasteiger partial charge in [-0.3, -0.25) is 24.7 Å². The van der Waals surface area contributed by atoms with E-state index in [-0.39, 0.29) is 3.79 Å². The van der Waals surface area contributed by atoms with Gasteiger partial charge in [0.25, 0.3) is 0 Å². The minimum absolute atomic E-state index is 0.0698. The third kappa shape index (κ3) is 7.41. The zero-order valence-corrected chi connectivity index (χ0v) is 29.1. The summed E-state index contributed by atoms with van der Waals surface area (Å²) in [7, 11) is 0. The topological polar surface area (TPSA) is 159 Å². The molecule has 0 fully saturated rings. The molecule has 8 rings (SSSR count). The van der Waals surface area contributed by atoms with Crippen molar-refractivity contribution in [3.8, 4) is 22.5 Å². The first-order chi connectivity index (χ1) is 22.5. The number of carbonyl (C=O) groups excluding carboxylic acids is 1. The first-order valence-electron chi connectivity index (χ1n) is 13.6. The summed E-state index contributed by atoms with van der Waals surface area (Å²) in [5.41, 5.74) is 7.66. The molecule has 0 spiro atoms. The number of nitrogens with one attached hydrogen (secondary N) is 2. The molecule has 0 aliphatic rings. The fourth-order valence-corrected chi connectivity index (χ4v) is 6.36. The van der Waals surface area contributed by atoms with Crippen LogP contribution in [0.5, 0.6) is 0 Å². The third-order valence-corrected chi connectivity index (χ3v) is 9.17. The Labute approximate surface area is 290 Å². The van der Waals surface area contributed by atoms with E-state index < -0.39 is 21.0 Å². The standard InChI is InChI=1S/C15H9IN4.C15H10N4.C2H4INO2S/c16-10-4-12-11-5-13(9-2-1-3-17-6-9)18-8-14(11)20-15(12)19-7-10;1-3-10(8-16-5-1)13-7-12-11-4-2-6-17-15(11)19-14(12)9-18-13;1-2(5)3-4-7-6/h1-8H,(H,19,20);1-9H,(H,17,19);6H,1H3. The van der Waals surface area contributed by atoms with Crippen molar-refractivity contribution in [1.29, 1.82) is 0 Å². The van der Waals surface area contributed by atoms with Crippen LogP contribution >= 0.6 is 55.9 Å². The number of pyridine rings is 6. The van der Waals surface area contributed by atoms with Gasteiger partial charge in [-0.15, -0.1) is 0 Å². The molecular formula is C32H23I2N9O2S. The molecule has 8 heterocycles. The van der Waals surface area contributed by atoms with Crippen LogP contribution in [-0.4, -0.2) is 48.2 Å². The summed E-state index contributed by atoms with van der Waals surface area (Å²) in [6.45, 7) is 1.47. The van der Waals surface area contributed by atoms with Gasteiger partial charge in [-0.05, 0) is 77.2 Å². The van der Waals surface area contributed by atoms with E-state index in [4.69, 9.17) is 4.55 Å². The van der Waals surface area contributed by atoms with Crippen molar-refractivity contribution in [2.45, 2.75) is 6.92 Å². The van der Waals surface area contributed by atoms with E-state index >= 15 is 0 Å². The molecule has 3 N–H and O–H groups in total. The highest BCUT2D eigenvalue weighted by atomic mass is 127. The van der Waals surface area contributed by atoms with Gasteiger partial charge in [0.05, 0.1) is 55.8 Å². The third-order valence-electron chi connectivity index (χ3n) is 6.66. The van der Waals surface area contributed by atoms with Crippen LogP contribution in [0.2, 0.25) is 0 Å². The highest BCUT2D eigenvalue weighted by Gasteiger charge is 2.09. The number of nitrogens with zero attached hydrogens (tertiary/aromatic N) is 7. The fraction of sp³-hybridized carbons (Fsp3) is 0.0312. The summed E-state index contributed by atoms with van der Waals surface area (Å²) >= 11 is 1.92. The smallest absolute Gasteiger partial charge is 0.202 e. The molecule has 11 nitrogen and oxygen atoms in total. The Morgan fingerprint density at radius 3 is 1.87 bits per heavy atom. The van der Waals surface area contributed by atoms with E-state index in [0.29, 0.717) is 12.2 Å². The van der Waals surface area contributed by atoms with Crippen LogP contribution in [0.15, 0.2) is 107 Å². The van der Waals surface area contributed by atoms with Gasteiger partial charge in [-0.25, -0.2) is 9.97 Å². The zero-order chi connectivity index (χ0) is 31.9. The van der Waals surface area contributed by atoms with Gasteiger partial charge in [-0.2, -0.15) is 2.55 Å². The van der Waals surface area contributed by atoms with Gasteiger partial charge < -0.3 is 14.5 Å². The van der Waals surface area contributed by atoms with Crippen LogP contribution < -0.4 is 0 Å². The molecule has 0 radical (unpaired) electrons. The van der Waals surface area contributed by atoms with Crippen molar-refractivity contribution in [2.75, 3.05) is 0 Å². The average molecular weight is 851 g/mol. The second-order valence-electron chi connectivity index (χ2n) is 9.62. The summed E-state index contributed by atoms with van der Waals surface area (Å²) in [5, 5.41) is 4.52. The van der Waals surface area contributed by atoms with E-state index in [2.05, 4.69) is 89.3 Å². The number of hydrogen-bond acceptors (Lipinski definition) is 10. The van der Waals surface area contributed by atoms with Crippen molar-refractivity contribution in [1.82, 2.24) is 39.9 Å². The Kier molecular flexibility index (Phi) is 10.3. The maximum Gasteiger partial charge on any atom is 0.202 e. The summed E-state index contributed by atoms with van der Waals surface area (Å²) < 4.78 is 12.5. The summed E-state index contributed by atoms with van der Waals surface area (Å²) in [4.78, 5) is 42.6. The van der Waals surface area contributed by atoms with E-state index in [1.807, 2.05) is 61.3 Å². The maximum atomic E-state index is 10.0. The number of hydrogen-bond donors (Lipinski definition) is 3. The van der Waals surface area contributed by atoms with E-state index in [1.165, 1.54) is 6.92 Å². The molecular weight excluding hydrogens is 828 g/mol. The predicted molar refractivity (Wildman–Crippen MR) is 199 cm³/mol. The van der Waals surface area contributed by atoms with Gasteiger partial charge in [0.15, 0.2) is 0 Å². The van der Waals surface area contributed by atoms with Crippen LogP contribution in [0.4, 0.5) is 0 Å². The number of carbonyl (C=O) groups is 1. The zero-order valence-electron chi connectivity index (χ0n) is 24.0. The highest BCUT2D eigenvalue weighted by Crippen LogP contribution is 2.29. The van der Waals surface area contributed by atoms with Gasteiger partial charge in [0, 0.05) is 80.3 Å². The van der Waals surface area contributed by atoms with Crippen molar-refractivity contribution in [3.63, 3.8) is 0 Å². The first kappa shape index (κ1) is 31.7. The first-order valence-corrected chi connectivity index (χ1v) is 17.5. The largest absolute Gasteiger partial charge is 0.338 e. The summed E-state index contributed by atoms with van der Waals surface area (Å²) in [6, 6.07) is 18.2. The van der Waals surface area contributed by atoms with Gasteiger partial charge in [0.1, 0.15) is 23.5 Å². The molecule has 0 bridgehead atoms. The molecule has 0 aromatic carbocycles. The van der Waals surface area contributed by atoms with Crippen molar-refractivity contribution >= 4 is 104 Å². The van der Waals surface area contributed by atoms with Crippen molar-refractivity contribution in [2.24, 2.45) is 2.55 Å². The molecule has 46 heavy (non-hydrogen) atoms. The minimum Gasteiger partial charge on any atom is -0.338 e. The van der Waals surface area contributed by atoms with Crippen LogP contribution in [0, 0.1) is 3.57 Å². The predicted octanol–water partition coefficient (Wildman–Crippen LogP) is 8.76. The van der Waals surface area contributed by atoms with Crippen molar-refractivity contribution < 1.29 is 9.35 Å². The van der Waals surface area contributed by atoms with Crippen LogP contribution in [0.3, 0.4) is 0 Å². The molecule has 0 aliphatic heterocycles. The lowest BCUT2D eigenvalue weighted by Gasteiger charge is -2.00. The normalized spacial score (nSPS) is 11.2. The van der Waals surface area contributed by atoms with Crippen molar-refractivity contribution in [3.05, 3.63) is 108 Å².